The van der Waals surface area contributed by atoms with Crippen LogP contribution in [0.4, 0.5) is 0 Å². The van der Waals surface area contributed by atoms with Crippen LogP contribution in [0.2, 0.25) is 10.0 Å². The summed E-state index contributed by atoms with van der Waals surface area (Å²) in [6.07, 6.45) is 5.30. The molecule has 0 aliphatic rings. The molecule has 0 saturated heterocycles. The molecule has 0 spiro atoms. The number of fused-ring (bicyclic) bond motifs is 1. The van der Waals surface area contributed by atoms with Crippen molar-refractivity contribution in [1.82, 2.24) is 15.3 Å². The molecule has 21 heavy (non-hydrogen) atoms. The highest BCUT2D eigenvalue weighted by molar-refractivity contribution is 6.34. The largest absolute Gasteiger partial charge is 0.308 e. The van der Waals surface area contributed by atoms with Crippen molar-refractivity contribution in [2.75, 3.05) is 7.05 Å². The van der Waals surface area contributed by atoms with Crippen LogP contribution in [0.25, 0.3) is 10.8 Å². The lowest BCUT2D eigenvalue weighted by atomic mass is 9.99. The molecular formula is C16H13Cl2N3. The predicted molar refractivity (Wildman–Crippen MR) is 86.9 cm³/mol. The smallest absolute Gasteiger partial charge is 0.0806 e. The van der Waals surface area contributed by atoms with Gasteiger partial charge in [-0.15, -0.1) is 0 Å². The summed E-state index contributed by atoms with van der Waals surface area (Å²) < 4.78 is 0. The van der Waals surface area contributed by atoms with E-state index in [0.717, 1.165) is 22.0 Å². The monoisotopic (exact) mass is 317 g/mol. The fourth-order valence-corrected chi connectivity index (χ4v) is 2.94. The van der Waals surface area contributed by atoms with Gasteiger partial charge in [0.25, 0.3) is 0 Å². The fraction of sp³-hybridized carbons (Fsp3) is 0.125. The first-order chi connectivity index (χ1) is 10.2. The lowest BCUT2D eigenvalue weighted by molar-refractivity contribution is 0.673. The van der Waals surface area contributed by atoms with Crippen molar-refractivity contribution in [3.8, 4) is 0 Å². The maximum Gasteiger partial charge on any atom is 0.0806 e. The molecule has 2 heterocycles. The molecule has 0 bridgehead atoms. The zero-order chi connectivity index (χ0) is 14.8. The Kier molecular flexibility index (Phi) is 4.06. The van der Waals surface area contributed by atoms with Gasteiger partial charge in [0.05, 0.1) is 21.8 Å². The highest BCUT2D eigenvalue weighted by Crippen LogP contribution is 2.31. The van der Waals surface area contributed by atoms with Crippen molar-refractivity contribution in [1.29, 1.82) is 0 Å². The van der Waals surface area contributed by atoms with Crippen LogP contribution in [-0.2, 0) is 0 Å². The first-order valence-electron chi connectivity index (χ1n) is 6.51. The molecule has 3 rings (SSSR count). The van der Waals surface area contributed by atoms with E-state index in [1.54, 1.807) is 12.3 Å². The molecule has 1 aromatic carbocycles. The lowest BCUT2D eigenvalue weighted by Crippen LogP contribution is -2.20. The minimum Gasteiger partial charge on any atom is -0.308 e. The number of nitrogens with one attached hydrogen (secondary N) is 1. The van der Waals surface area contributed by atoms with Crippen molar-refractivity contribution in [2.24, 2.45) is 0 Å². The molecule has 0 aliphatic carbocycles. The number of rotatable bonds is 3. The van der Waals surface area contributed by atoms with E-state index in [2.05, 4.69) is 21.4 Å². The molecule has 0 radical (unpaired) electrons. The third kappa shape index (κ3) is 2.72. The Morgan fingerprint density at radius 2 is 1.90 bits per heavy atom. The fourth-order valence-electron chi connectivity index (χ4n) is 2.45. The maximum atomic E-state index is 6.30. The summed E-state index contributed by atoms with van der Waals surface area (Å²) in [5.41, 5.74) is 1.77. The maximum absolute atomic E-state index is 6.30. The summed E-state index contributed by atoms with van der Waals surface area (Å²) in [6, 6.07) is 9.67. The third-order valence-electron chi connectivity index (χ3n) is 3.41. The molecule has 3 aromatic rings. The summed E-state index contributed by atoms with van der Waals surface area (Å²) in [6.45, 7) is 0. The highest BCUT2D eigenvalue weighted by atomic mass is 35.5. The van der Waals surface area contributed by atoms with E-state index in [-0.39, 0.29) is 6.04 Å². The van der Waals surface area contributed by atoms with Gasteiger partial charge in [-0.05, 0) is 18.5 Å². The molecule has 1 unspecified atom stereocenters. The van der Waals surface area contributed by atoms with Gasteiger partial charge in [-0.3, -0.25) is 9.97 Å². The minimum atomic E-state index is -0.145. The molecular weight excluding hydrogens is 305 g/mol. The second-order valence-electron chi connectivity index (χ2n) is 4.69. The minimum absolute atomic E-state index is 0.145. The van der Waals surface area contributed by atoms with Crippen molar-refractivity contribution in [2.45, 2.75) is 6.04 Å². The van der Waals surface area contributed by atoms with Crippen LogP contribution >= 0.6 is 23.2 Å². The summed E-state index contributed by atoms with van der Waals surface area (Å²) in [5.74, 6) is 0. The number of benzene rings is 1. The quantitative estimate of drug-likeness (QED) is 0.785. The first kappa shape index (κ1) is 14.3. The Labute approximate surface area is 132 Å². The van der Waals surface area contributed by atoms with E-state index in [0.29, 0.717) is 10.0 Å². The SMILES string of the molecule is CNC(c1ncc(Cl)cc1Cl)c1cncc2ccccc12. The molecule has 3 nitrogen and oxygen atoms in total. The molecule has 0 fully saturated rings. The van der Waals surface area contributed by atoms with Crippen LogP contribution < -0.4 is 5.32 Å². The summed E-state index contributed by atoms with van der Waals surface area (Å²) >= 11 is 12.2. The van der Waals surface area contributed by atoms with Gasteiger partial charge < -0.3 is 5.32 Å². The molecule has 1 N–H and O–H groups in total. The predicted octanol–water partition coefficient (Wildman–Crippen LogP) is 4.25. The number of nitrogens with zero attached hydrogens (tertiary/aromatic N) is 2. The molecule has 106 valence electrons. The van der Waals surface area contributed by atoms with Crippen molar-refractivity contribution >= 4 is 34.0 Å². The van der Waals surface area contributed by atoms with Gasteiger partial charge in [0.2, 0.25) is 0 Å². The van der Waals surface area contributed by atoms with Crippen LogP contribution in [0.1, 0.15) is 17.3 Å². The normalized spacial score (nSPS) is 12.5. The van der Waals surface area contributed by atoms with Crippen LogP contribution in [0.15, 0.2) is 48.9 Å². The molecule has 0 saturated carbocycles. The summed E-state index contributed by atoms with van der Waals surface area (Å²) in [5, 5.41) is 6.53. The number of hydrogen-bond acceptors (Lipinski definition) is 3. The van der Waals surface area contributed by atoms with Crippen LogP contribution in [0, 0.1) is 0 Å². The average molecular weight is 318 g/mol. The number of hydrogen-bond donors (Lipinski definition) is 1. The molecule has 2 aromatic heterocycles. The number of halogens is 2. The van der Waals surface area contributed by atoms with Crippen LogP contribution in [0.3, 0.4) is 0 Å². The van der Waals surface area contributed by atoms with Gasteiger partial charge in [-0.2, -0.15) is 0 Å². The Morgan fingerprint density at radius 3 is 2.67 bits per heavy atom. The van der Waals surface area contributed by atoms with E-state index < -0.39 is 0 Å². The van der Waals surface area contributed by atoms with Gasteiger partial charge >= 0.3 is 0 Å². The van der Waals surface area contributed by atoms with Gasteiger partial charge in [-0.1, -0.05) is 47.5 Å². The number of pyridine rings is 2. The van der Waals surface area contributed by atoms with E-state index in [1.165, 1.54) is 0 Å². The van der Waals surface area contributed by atoms with Crippen molar-refractivity contribution in [3.05, 3.63) is 70.2 Å². The molecule has 5 heteroatoms. The van der Waals surface area contributed by atoms with Gasteiger partial charge in [-0.25, -0.2) is 0 Å². The standard InChI is InChI=1S/C16H13Cl2N3/c1-19-15(16-14(18)6-11(17)8-21-16)13-9-20-7-10-4-2-3-5-12(10)13/h2-9,15,19H,1H3. The Bertz CT molecular complexity index is 784. The zero-order valence-corrected chi connectivity index (χ0v) is 12.9. The Morgan fingerprint density at radius 1 is 1.10 bits per heavy atom. The van der Waals surface area contributed by atoms with Crippen LogP contribution in [-0.4, -0.2) is 17.0 Å². The summed E-state index contributed by atoms with van der Waals surface area (Å²) in [4.78, 5) is 8.70. The average Bonchev–Trinajstić information content (AvgIpc) is 2.50. The Balaban J connectivity index is 2.18. The Hall–Kier alpha value is -1.68. The first-order valence-corrected chi connectivity index (χ1v) is 7.27. The zero-order valence-electron chi connectivity index (χ0n) is 11.3. The highest BCUT2D eigenvalue weighted by Gasteiger charge is 2.19. The van der Waals surface area contributed by atoms with E-state index in [9.17, 15) is 0 Å². The summed E-state index contributed by atoms with van der Waals surface area (Å²) in [7, 11) is 1.87. The van der Waals surface area contributed by atoms with Crippen molar-refractivity contribution < 1.29 is 0 Å². The lowest BCUT2D eigenvalue weighted by Gasteiger charge is -2.19. The second-order valence-corrected chi connectivity index (χ2v) is 5.54. The van der Waals surface area contributed by atoms with Gasteiger partial charge in [0.15, 0.2) is 0 Å². The van der Waals surface area contributed by atoms with E-state index in [4.69, 9.17) is 23.2 Å². The molecule has 0 aliphatic heterocycles. The van der Waals surface area contributed by atoms with Gasteiger partial charge in [0, 0.05) is 29.5 Å². The third-order valence-corrected chi connectivity index (χ3v) is 3.92. The van der Waals surface area contributed by atoms with Crippen LogP contribution in [0.5, 0.6) is 0 Å². The molecule has 0 amide bonds. The van der Waals surface area contributed by atoms with Gasteiger partial charge in [0.1, 0.15) is 0 Å². The topological polar surface area (TPSA) is 37.8 Å². The second kappa shape index (κ2) is 5.98. The van der Waals surface area contributed by atoms with E-state index in [1.807, 2.05) is 37.6 Å². The van der Waals surface area contributed by atoms with E-state index >= 15 is 0 Å². The molecule has 1 atom stereocenters. The van der Waals surface area contributed by atoms with Crippen molar-refractivity contribution in [3.63, 3.8) is 0 Å². The number of aromatic nitrogens is 2.